The molecule has 0 saturated heterocycles. The van der Waals surface area contributed by atoms with Crippen LogP contribution in [0, 0.1) is 5.92 Å². The minimum atomic E-state index is -0.818. The maximum Gasteiger partial charge on any atom is 0.313 e. The molecule has 0 aliphatic heterocycles. The topological polar surface area (TPSA) is 68.0 Å². The smallest absolute Gasteiger partial charge is 0.313 e. The first-order valence-corrected chi connectivity index (χ1v) is 6.91. The zero-order valence-electron chi connectivity index (χ0n) is 9.87. The third-order valence-corrected chi connectivity index (χ3v) is 4.23. The first kappa shape index (κ1) is 12.4. The minimum absolute atomic E-state index is 0.0415. The van der Waals surface area contributed by atoms with Gasteiger partial charge in [-0.3, -0.25) is 4.79 Å². The van der Waals surface area contributed by atoms with Crippen molar-refractivity contribution in [3.8, 4) is 0 Å². The highest BCUT2D eigenvalue weighted by Crippen LogP contribution is 2.35. The Morgan fingerprint density at radius 2 is 2.35 bits per heavy atom. The van der Waals surface area contributed by atoms with Gasteiger partial charge in [-0.2, -0.15) is 0 Å². The summed E-state index contributed by atoms with van der Waals surface area (Å²) in [4.78, 5) is 10.6. The number of carbonyl (C=O) groups is 1. The predicted molar refractivity (Wildman–Crippen MR) is 65.1 cm³/mol. The summed E-state index contributed by atoms with van der Waals surface area (Å²) in [5.41, 5.74) is 0. The summed E-state index contributed by atoms with van der Waals surface area (Å²) < 4.78 is 2.05. The zero-order chi connectivity index (χ0) is 12.3. The average Bonchev–Trinajstić information content (AvgIpc) is 2.75. The van der Waals surface area contributed by atoms with Gasteiger partial charge in [0.25, 0.3) is 0 Å². The van der Waals surface area contributed by atoms with Crippen molar-refractivity contribution >= 4 is 17.7 Å². The van der Waals surface area contributed by atoms with Gasteiger partial charge in [-0.05, 0) is 18.8 Å². The summed E-state index contributed by atoms with van der Waals surface area (Å²) in [6.45, 7) is 2.25. The van der Waals surface area contributed by atoms with Crippen molar-refractivity contribution in [2.45, 2.75) is 43.8 Å². The lowest BCUT2D eigenvalue weighted by Crippen LogP contribution is -2.21. The molecule has 0 spiro atoms. The van der Waals surface area contributed by atoms with E-state index < -0.39 is 5.97 Å². The van der Waals surface area contributed by atoms with Gasteiger partial charge in [0, 0.05) is 6.04 Å². The maximum atomic E-state index is 10.6. The van der Waals surface area contributed by atoms with Crippen LogP contribution in [0.4, 0.5) is 0 Å². The normalized spacial score (nSPS) is 24.8. The number of aromatic nitrogens is 3. The number of carboxylic acid groups (broad SMARTS) is 1. The molecular weight excluding hydrogens is 238 g/mol. The van der Waals surface area contributed by atoms with E-state index in [-0.39, 0.29) is 5.75 Å². The molecule has 6 heteroatoms. The fourth-order valence-electron chi connectivity index (χ4n) is 2.40. The van der Waals surface area contributed by atoms with Gasteiger partial charge >= 0.3 is 5.97 Å². The van der Waals surface area contributed by atoms with Crippen LogP contribution >= 0.6 is 11.8 Å². The van der Waals surface area contributed by atoms with E-state index in [4.69, 9.17) is 5.11 Å². The molecule has 1 aromatic heterocycles. The van der Waals surface area contributed by atoms with Gasteiger partial charge in [0.2, 0.25) is 0 Å². The summed E-state index contributed by atoms with van der Waals surface area (Å²) in [6, 6.07) is 0.426. The molecule has 1 aliphatic carbocycles. The van der Waals surface area contributed by atoms with Crippen molar-refractivity contribution in [2.24, 2.45) is 5.92 Å². The Balaban J connectivity index is 2.09. The lowest BCUT2D eigenvalue weighted by Gasteiger charge is -2.30. The summed E-state index contributed by atoms with van der Waals surface area (Å²) in [5.74, 6) is -0.162. The summed E-state index contributed by atoms with van der Waals surface area (Å²) >= 11 is 1.25. The van der Waals surface area contributed by atoms with Crippen LogP contribution in [-0.4, -0.2) is 31.6 Å². The van der Waals surface area contributed by atoms with Crippen molar-refractivity contribution in [1.29, 1.82) is 0 Å². The first-order chi connectivity index (χ1) is 8.18. The molecule has 17 heavy (non-hydrogen) atoms. The molecule has 5 nitrogen and oxygen atoms in total. The maximum absolute atomic E-state index is 10.6. The minimum Gasteiger partial charge on any atom is -0.481 e. The highest BCUT2D eigenvalue weighted by Gasteiger charge is 2.25. The van der Waals surface area contributed by atoms with E-state index in [1.165, 1.54) is 31.0 Å². The zero-order valence-corrected chi connectivity index (χ0v) is 10.7. The van der Waals surface area contributed by atoms with Gasteiger partial charge in [0.15, 0.2) is 5.16 Å². The van der Waals surface area contributed by atoms with Crippen LogP contribution in [0.25, 0.3) is 0 Å². The van der Waals surface area contributed by atoms with Crippen LogP contribution in [0.2, 0.25) is 0 Å². The highest BCUT2D eigenvalue weighted by atomic mass is 32.2. The van der Waals surface area contributed by atoms with Crippen molar-refractivity contribution < 1.29 is 9.90 Å². The van der Waals surface area contributed by atoms with Crippen molar-refractivity contribution in [3.05, 3.63) is 6.33 Å². The van der Waals surface area contributed by atoms with Gasteiger partial charge < -0.3 is 9.67 Å². The lowest BCUT2D eigenvalue weighted by molar-refractivity contribution is -0.133. The molecule has 0 bridgehead atoms. The molecule has 1 aliphatic rings. The third kappa shape index (κ3) is 3.00. The largest absolute Gasteiger partial charge is 0.481 e. The molecule has 0 aromatic carbocycles. The molecule has 2 unspecified atom stereocenters. The Morgan fingerprint density at radius 1 is 1.59 bits per heavy atom. The van der Waals surface area contributed by atoms with Gasteiger partial charge in [-0.15, -0.1) is 10.2 Å². The number of carboxylic acids is 1. The molecule has 1 N–H and O–H groups in total. The number of rotatable bonds is 4. The van der Waals surface area contributed by atoms with Crippen LogP contribution in [0.3, 0.4) is 0 Å². The SMILES string of the molecule is CC1CCCCC1n1cnnc1SCC(=O)O. The van der Waals surface area contributed by atoms with Crippen LogP contribution in [0.5, 0.6) is 0 Å². The fraction of sp³-hybridized carbons (Fsp3) is 0.727. The van der Waals surface area contributed by atoms with Crippen LogP contribution in [0.1, 0.15) is 38.6 Å². The second-order valence-corrected chi connectivity index (χ2v) is 5.47. The predicted octanol–water partition coefficient (Wildman–Crippen LogP) is 2.21. The standard InChI is InChI=1S/C11H17N3O2S/c1-8-4-2-3-5-9(8)14-7-12-13-11(14)17-6-10(15)16/h7-9H,2-6H2,1H3,(H,15,16). The van der Waals surface area contributed by atoms with E-state index in [0.29, 0.717) is 12.0 Å². The van der Waals surface area contributed by atoms with Gasteiger partial charge in [0.05, 0.1) is 5.75 Å². The third-order valence-electron chi connectivity index (χ3n) is 3.29. The highest BCUT2D eigenvalue weighted by molar-refractivity contribution is 7.99. The monoisotopic (exact) mass is 255 g/mol. The molecule has 1 aromatic rings. The molecule has 1 fully saturated rings. The summed E-state index contributed by atoms with van der Waals surface area (Å²) in [6.07, 6.45) is 6.62. The first-order valence-electron chi connectivity index (χ1n) is 5.92. The quantitative estimate of drug-likeness (QED) is 0.835. The number of thioether (sulfide) groups is 1. The van der Waals surface area contributed by atoms with E-state index in [1.54, 1.807) is 6.33 Å². The van der Waals surface area contributed by atoms with Crippen LogP contribution < -0.4 is 0 Å². The van der Waals surface area contributed by atoms with E-state index in [0.717, 1.165) is 11.6 Å². The molecular formula is C11H17N3O2S. The Labute approximate surface area is 105 Å². The van der Waals surface area contributed by atoms with Gasteiger partial charge in [-0.25, -0.2) is 0 Å². The molecule has 1 heterocycles. The molecule has 1 saturated carbocycles. The van der Waals surface area contributed by atoms with Crippen molar-refractivity contribution in [3.63, 3.8) is 0 Å². The second kappa shape index (κ2) is 5.53. The fourth-order valence-corrected chi connectivity index (χ4v) is 3.09. The van der Waals surface area contributed by atoms with Crippen molar-refractivity contribution in [2.75, 3.05) is 5.75 Å². The van der Waals surface area contributed by atoms with Gasteiger partial charge in [0.1, 0.15) is 6.33 Å². The Kier molecular flexibility index (Phi) is 4.04. The van der Waals surface area contributed by atoms with Gasteiger partial charge in [-0.1, -0.05) is 31.5 Å². The number of nitrogens with zero attached hydrogens (tertiary/aromatic N) is 3. The second-order valence-electron chi connectivity index (χ2n) is 4.53. The number of hydrogen-bond donors (Lipinski definition) is 1. The Morgan fingerprint density at radius 3 is 3.06 bits per heavy atom. The summed E-state index contributed by atoms with van der Waals surface area (Å²) in [5, 5.41) is 17.3. The number of hydrogen-bond acceptors (Lipinski definition) is 4. The van der Waals surface area contributed by atoms with Crippen LogP contribution in [0.15, 0.2) is 11.5 Å². The van der Waals surface area contributed by atoms with E-state index in [9.17, 15) is 4.79 Å². The van der Waals surface area contributed by atoms with E-state index in [1.807, 2.05) is 0 Å². The van der Waals surface area contributed by atoms with E-state index in [2.05, 4.69) is 21.7 Å². The van der Waals surface area contributed by atoms with E-state index >= 15 is 0 Å². The Bertz CT molecular complexity index is 394. The summed E-state index contributed by atoms with van der Waals surface area (Å²) in [7, 11) is 0. The lowest BCUT2D eigenvalue weighted by atomic mass is 9.86. The molecule has 94 valence electrons. The number of aliphatic carboxylic acids is 1. The average molecular weight is 255 g/mol. The molecule has 2 atom stereocenters. The van der Waals surface area contributed by atoms with Crippen LogP contribution in [-0.2, 0) is 4.79 Å². The molecule has 0 radical (unpaired) electrons. The van der Waals surface area contributed by atoms with Crippen molar-refractivity contribution in [1.82, 2.24) is 14.8 Å². The Hall–Kier alpha value is -1.04. The molecule has 2 rings (SSSR count). The molecule has 0 amide bonds.